The Morgan fingerprint density at radius 1 is 1.38 bits per heavy atom. The Morgan fingerprint density at radius 3 is 2.50 bits per heavy atom. The molecule has 16 heavy (non-hydrogen) atoms. The van der Waals surface area contributed by atoms with Crippen LogP contribution in [0.2, 0.25) is 0 Å². The Morgan fingerprint density at radius 2 is 2.00 bits per heavy atom. The van der Waals surface area contributed by atoms with Crippen molar-refractivity contribution in [3.05, 3.63) is 35.1 Å². The molecule has 5 heteroatoms. The van der Waals surface area contributed by atoms with E-state index in [4.69, 9.17) is 0 Å². The Hall–Kier alpha value is -1.36. The predicted octanol–water partition coefficient (Wildman–Crippen LogP) is 3.33. The maximum atomic E-state index is 13.0. The summed E-state index contributed by atoms with van der Waals surface area (Å²) in [5, 5.41) is 0. The van der Waals surface area contributed by atoms with Gasteiger partial charge in [-0.1, -0.05) is 0 Å². The van der Waals surface area contributed by atoms with E-state index in [2.05, 4.69) is 4.74 Å². The minimum atomic E-state index is -2.96. The lowest BCUT2D eigenvalue weighted by Crippen LogP contribution is -2.10. The second kappa shape index (κ2) is 5.12. The number of Topliss-reactive ketones (excluding diaryl/α,β-unsaturated/α-hetero) is 1. The minimum absolute atomic E-state index is 0.132. The molecule has 1 aromatic rings. The zero-order valence-electron chi connectivity index (χ0n) is 8.84. The second-order valence-corrected chi connectivity index (χ2v) is 3.33. The monoisotopic (exact) mass is 232 g/mol. The predicted molar refractivity (Wildman–Crippen MR) is 51.9 cm³/mol. The zero-order chi connectivity index (χ0) is 12.3. The van der Waals surface area contributed by atoms with Gasteiger partial charge in [0.25, 0.3) is 0 Å². The molecule has 0 fully saturated rings. The van der Waals surface area contributed by atoms with Crippen molar-refractivity contribution in [3.63, 3.8) is 0 Å². The van der Waals surface area contributed by atoms with Crippen LogP contribution in [0.5, 0.6) is 0 Å². The molecule has 1 rings (SSSR count). The Balaban J connectivity index is 3.09. The van der Waals surface area contributed by atoms with Crippen molar-refractivity contribution >= 4 is 5.78 Å². The van der Waals surface area contributed by atoms with Gasteiger partial charge in [0.2, 0.25) is 0 Å². The Labute approximate surface area is 91.0 Å². The van der Waals surface area contributed by atoms with Crippen LogP contribution in [-0.4, -0.2) is 12.4 Å². The highest BCUT2D eigenvalue weighted by Crippen LogP contribution is 2.24. The number of carbonyl (C=O) groups excluding carboxylic acids is 1. The van der Waals surface area contributed by atoms with E-state index in [0.717, 1.165) is 12.1 Å². The molecule has 0 spiro atoms. The van der Waals surface area contributed by atoms with Gasteiger partial charge in [0.1, 0.15) is 5.82 Å². The van der Waals surface area contributed by atoms with Crippen molar-refractivity contribution in [1.82, 2.24) is 0 Å². The first-order valence-electron chi connectivity index (χ1n) is 4.66. The summed E-state index contributed by atoms with van der Waals surface area (Å²) in [5.41, 5.74) is 0.322. The first-order valence-corrected chi connectivity index (χ1v) is 4.66. The highest BCUT2D eigenvalue weighted by Gasteiger charge is 2.18. The van der Waals surface area contributed by atoms with Crippen LogP contribution in [0.15, 0.2) is 18.2 Å². The third kappa shape index (κ3) is 3.06. The largest absolute Gasteiger partial charge is 0.345 e. The van der Waals surface area contributed by atoms with Crippen LogP contribution < -0.4 is 0 Å². The first kappa shape index (κ1) is 12.7. The van der Waals surface area contributed by atoms with E-state index in [0.29, 0.717) is 0 Å². The lowest BCUT2D eigenvalue weighted by Gasteiger charge is -2.15. The number of ketones is 1. The average Bonchev–Trinajstić information content (AvgIpc) is 2.15. The number of carbonyl (C=O) groups is 1. The molecule has 0 saturated carbocycles. The summed E-state index contributed by atoms with van der Waals surface area (Å²) in [5.74, 6) is -0.913. The van der Waals surface area contributed by atoms with E-state index in [-0.39, 0.29) is 16.9 Å². The Bertz CT molecular complexity index is 391. The molecule has 1 atom stereocenters. The van der Waals surface area contributed by atoms with Crippen LogP contribution in [0.25, 0.3) is 0 Å². The molecule has 0 aromatic heterocycles. The normalized spacial score (nSPS) is 12.9. The summed E-state index contributed by atoms with van der Waals surface area (Å²) < 4.78 is 41.2. The third-order valence-electron chi connectivity index (χ3n) is 2.14. The second-order valence-electron chi connectivity index (χ2n) is 3.33. The van der Waals surface area contributed by atoms with Gasteiger partial charge >= 0.3 is 6.61 Å². The van der Waals surface area contributed by atoms with Crippen molar-refractivity contribution < 1.29 is 22.7 Å². The molecular weight excluding hydrogens is 221 g/mol. The van der Waals surface area contributed by atoms with Crippen molar-refractivity contribution in [1.29, 1.82) is 0 Å². The summed E-state index contributed by atoms with van der Waals surface area (Å²) >= 11 is 0. The lowest BCUT2D eigenvalue weighted by atomic mass is 10.0. The van der Waals surface area contributed by atoms with Crippen molar-refractivity contribution in [2.75, 3.05) is 0 Å². The maximum absolute atomic E-state index is 13.0. The molecule has 0 aliphatic rings. The first-order chi connectivity index (χ1) is 7.41. The topological polar surface area (TPSA) is 26.3 Å². The van der Waals surface area contributed by atoms with Crippen LogP contribution in [0.3, 0.4) is 0 Å². The highest BCUT2D eigenvalue weighted by molar-refractivity contribution is 5.95. The fourth-order valence-corrected chi connectivity index (χ4v) is 1.42. The number of halogens is 3. The number of rotatable bonds is 4. The number of ether oxygens (including phenoxy) is 1. The third-order valence-corrected chi connectivity index (χ3v) is 2.14. The van der Waals surface area contributed by atoms with Gasteiger partial charge < -0.3 is 4.74 Å². The summed E-state index contributed by atoms with van der Waals surface area (Å²) in [4.78, 5) is 11.2. The van der Waals surface area contributed by atoms with Gasteiger partial charge in [-0.25, -0.2) is 4.39 Å². The van der Waals surface area contributed by atoms with Gasteiger partial charge in [0, 0.05) is 5.56 Å². The molecule has 0 saturated heterocycles. The average molecular weight is 232 g/mol. The summed E-state index contributed by atoms with van der Waals surface area (Å²) in [6, 6.07) is 3.40. The van der Waals surface area contributed by atoms with Crippen LogP contribution in [-0.2, 0) is 4.74 Å². The van der Waals surface area contributed by atoms with E-state index in [1.807, 2.05) is 0 Å². The lowest BCUT2D eigenvalue weighted by molar-refractivity contribution is -0.159. The van der Waals surface area contributed by atoms with Gasteiger partial charge in [-0.2, -0.15) is 8.78 Å². The fraction of sp³-hybridized carbons (Fsp3) is 0.364. The quantitative estimate of drug-likeness (QED) is 0.744. The number of hydrogen-bond donors (Lipinski definition) is 0. The molecular formula is C11H11F3O2. The molecule has 1 unspecified atom stereocenters. The van der Waals surface area contributed by atoms with Gasteiger partial charge in [-0.3, -0.25) is 4.79 Å². The van der Waals surface area contributed by atoms with Gasteiger partial charge in [0.05, 0.1) is 6.10 Å². The van der Waals surface area contributed by atoms with Crippen molar-refractivity contribution in [3.8, 4) is 0 Å². The van der Waals surface area contributed by atoms with Gasteiger partial charge in [0.15, 0.2) is 5.78 Å². The molecule has 0 aliphatic heterocycles. The summed E-state index contributed by atoms with van der Waals surface area (Å²) in [6.07, 6.45) is -1.03. The van der Waals surface area contributed by atoms with Crippen molar-refractivity contribution in [2.24, 2.45) is 0 Å². The van der Waals surface area contributed by atoms with Crippen LogP contribution in [0.4, 0.5) is 13.2 Å². The zero-order valence-corrected chi connectivity index (χ0v) is 8.84. The molecule has 0 radical (unpaired) electrons. The number of alkyl halides is 2. The summed E-state index contributed by atoms with van der Waals surface area (Å²) in [7, 11) is 0. The van der Waals surface area contributed by atoms with Crippen LogP contribution in [0, 0.1) is 5.82 Å². The Kier molecular flexibility index (Phi) is 4.06. The van der Waals surface area contributed by atoms with E-state index in [1.54, 1.807) is 0 Å². The molecule has 0 bridgehead atoms. The van der Waals surface area contributed by atoms with Crippen molar-refractivity contribution in [2.45, 2.75) is 26.6 Å². The minimum Gasteiger partial charge on any atom is -0.315 e. The fourth-order valence-electron chi connectivity index (χ4n) is 1.42. The molecule has 0 N–H and O–H groups in total. The smallest absolute Gasteiger partial charge is 0.315 e. The summed E-state index contributed by atoms with van der Waals surface area (Å²) in [6.45, 7) is -0.336. The van der Waals surface area contributed by atoms with E-state index in [9.17, 15) is 18.0 Å². The van der Waals surface area contributed by atoms with E-state index < -0.39 is 18.5 Å². The maximum Gasteiger partial charge on any atom is 0.345 e. The van der Waals surface area contributed by atoms with E-state index in [1.165, 1.54) is 19.9 Å². The molecule has 0 aliphatic carbocycles. The molecule has 0 heterocycles. The van der Waals surface area contributed by atoms with Crippen LogP contribution >= 0.6 is 0 Å². The molecule has 2 nitrogen and oxygen atoms in total. The van der Waals surface area contributed by atoms with Gasteiger partial charge in [-0.15, -0.1) is 0 Å². The number of hydrogen-bond acceptors (Lipinski definition) is 2. The molecule has 0 amide bonds. The SMILES string of the molecule is CC(=O)c1ccc(F)cc1C(C)OC(F)F. The van der Waals surface area contributed by atoms with Gasteiger partial charge in [-0.05, 0) is 37.6 Å². The molecule has 88 valence electrons. The number of benzene rings is 1. The standard InChI is InChI=1S/C11H11F3O2/c1-6(15)9-4-3-8(12)5-10(9)7(2)16-11(13)14/h3-5,7,11H,1-2H3. The molecule has 1 aromatic carbocycles. The van der Waals surface area contributed by atoms with E-state index >= 15 is 0 Å². The highest BCUT2D eigenvalue weighted by atomic mass is 19.3. The van der Waals surface area contributed by atoms with Crippen LogP contribution in [0.1, 0.15) is 35.9 Å².